The fourth-order valence-corrected chi connectivity index (χ4v) is 5.61. The van der Waals surface area contributed by atoms with Gasteiger partial charge in [0.25, 0.3) is 5.91 Å². The molecule has 7 heteroatoms. The quantitative estimate of drug-likeness (QED) is 0.726. The Morgan fingerprint density at radius 2 is 1.97 bits per heavy atom. The van der Waals surface area contributed by atoms with Crippen molar-refractivity contribution < 1.29 is 14.4 Å². The molecule has 1 aromatic heterocycles. The second kappa shape index (κ2) is 9.00. The van der Waals surface area contributed by atoms with Gasteiger partial charge in [-0.25, -0.2) is 0 Å². The summed E-state index contributed by atoms with van der Waals surface area (Å²) in [6.07, 6.45) is 7.29. The van der Waals surface area contributed by atoms with Gasteiger partial charge in [-0.15, -0.1) is 11.3 Å². The first-order chi connectivity index (χ1) is 14.5. The van der Waals surface area contributed by atoms with Crippen LogP contribution in [-0.4, -0.2) is 24.3 Å². The Kier molecular flexibility index (Phi) is 6.18. The zero-order chi connectivity index (χ0) is 21.1. The van der Waals surface area contributed by atoms with E-state index in [1.54, 1.807) is 4.90 Å². The molecule has 30 heavy (non-hydrogen) atoms. The molecule has 1 aliphatic carbocycles. The van der Waals surface area contributed by atoms with Crippen LogP contribution in [0.2, 0.25) is 0 Å². The molecule has 0 radical (unpaired) electrons. The lowest BCUT2D eigenvalue weighted by Crippen LogP contribution is -2.24. The van der Waals surface area contributed by atoms with Gasteiger partial charge >= 0.3 is 0 Å². The maximum Gasteiger partial charge on any atom is 0.251 e. The SMILES string of the molecule is NC(=O)c1c(C2CCCCC2)csc1NC(=O)Cc1cccc(N2CCCC2=O)c1. The Morgan fingerprint density at radius 3 is 2.67 bits per heavy atom. The van der Waals surface area contributed by atoms with Gasteiger partial charge in [0.1, 0.15) is 5.00 Å². The summed E-state index contributed by atoms with van der Waals surface area (Å²) in [6, 6.07) is 7.52. The molecule has 3 amide bonds. The number of nitrogens with zero attached hydrogens (tertiary/aromatic N) is 1. The van der Waals surface area contributed by atoms with Crippen LogP contribution in [0.25, 0.3) is 0 Å². The normalized spacial score (nSPS) is 17.3. The van der Waals surface area contributed by atoms with Crippen molar-refractivity contribution in [2.45, 2.75) is 57.3 Å². The summed E-state index contributed by atoms with van der Waals surface area (Å²) in [5.41, 5.74) is 8.79. The van der Waals surface area contributed by atoms with E-state index in [0.717, 1.165) is 55.5 Å². The van der Waals surface area contributed by atoms with Crippen molar-refractivity contribution in [1.82, 2.24) is 0 Å². The third-order valence-corrected chi connectivity index (χ3v) is 6.94. The molecule has 6 nitrogen and oxygen atoms in total. The molecule has 4 rings (SSSR count). The number of thiophene rings is 1. The summed E-state index contributed by atoms with van der Waals surface area (Å²) in [4.78, 5) is 38.6. The minimum Gasteiger partial charge on any atom is -0.365 e. The van der Waals surface area contributed by atoms with Crippen LogP contribution in [0.15, 0.2) is 29.6 Å². The molecule has 158 valence electrons. The van der Waals surface area contributed by atoms with E-state index < -0.39 is 5.91 Å². The molecular formula is C23H27N3O3S. The van der Waals surface area contributed by atoms with Crippen LogP contribution >= 0.6 is 11.3 Å². The Balaban J connectivity index is 1.47. The van der Waals surface area contributed by atoms with E-state index in [9.17, 15) is 14.4 Å². The van der Waals surface area contributed by atoms with Crippen molar-refractivity contribution in [1.29, 1.82) is 0 Å². The topological polar surface area (TPSA) is 92.5 Å². The minimum absolute atomic E-state index is 0.122. The number of rotatable bonds is 6. The Morgan fingerprint density at radius 1 is 1.17 bits per heavy atom. The van der Waals surface area contributed by atoms with E-state index in [0.29, 0.717) is 22.9 Å². The predicted octanol–water partition coefficient (Wildman–Crippen LogP) is 4.20. The van der Waals surface area contributed by atoms with E-state index in [-0.39, 0.29) is 18.2 Å². The summed E-state index contributed by atoms with van der Waals surface area (Å²) in [7, 11) is 0. The van der Waals surface area contributed by atoms with Crippen LogP contribution in [0.3, 0.4) is 0 Å². The lowest BCUT2D eigenvalue weighted by Gasteiger charge is -2.21. The maximum atomic E-state index is 12.7. The predicted molar refractivity (Wildman–Crippen MR) is 119 cm³/mol. The van der Waals surface area contributed by atoms with Crippen molar-refractivity contribution in [2.75, 3.05) is 16.8 Å². The summed E-state index contributed by atoms with van der Waals surface area (Å²) >= 11 is 1.38. The van der Waals surface area contributed by atoms with E-state index in [1.807, 2.05) is 29.6 Å². The molecule has 0 unspecified atom stereocenters. The molecule has 0 atom stereocenters. The molecule has 2 heterocycles. The van der Waals surface area contributed by atoms with Gasteiger partial charge in [-0.1, -0.05) is 31.4 Å². The first kappa shape index (κ1) is 20.6. The van der Waals surface area contributed by atoms with Crippen molar-refractivity contribution >= 4 is 39.7 Å². The van der Waals surface area contributed by atoms with E-state index in [2.05, 4.69) is 5.32 Å². The molecule has 1 aliphatic heterocycles. The smallest absolute Gasteiger partial charge is 0.251 e. The summed E-state index contributed by atoms with van der Waals surface area (Å²) in [5.74, 6) is -0.213. The molecule has 1 aromatic carbocycles. The largest absolute Gasteiger partial charge is 0.365 e. The number of benzene rings is 1. The molecular weight excluding hydrogens is 398 g/mol. The lowest BCUT2D eigenvalue weighted by atomic mass is 9.83. The van der Waals surface area contributed by atoms with Gasteiger partial charge in [0.05, 0.1) is 12.0 Å². The third kappa shape index (κ3) is 4.41. The second-order valence-corrected chi connectivity index (χ2v) is 9.02. The molecule has 0 spiro atoms. The highest BCUT2D eigenvalue weighted by Crippen LogP contribution is 2.40. The molecule has 1 saturated heterocycles. The highest BCUT2D eigenvalue weighted by molar-refractivity contribution is 7.15. The number of primary amides is 1. The summed E-state index contributed by atoms with van der Waals surface area (Å²) < 4.78 is 0. The molecule has 2 aromatic rings. The average molecular weight is 426 g/mol. The number of carbonyl (C=O) groups excluding carboxylic acids is 3. The highest BCUT2D eigenvalue weighted by Gasteiger charge is 2.26. The molecule has 3 N–H and O–H groups in total. The highest BCUT2D eigenvalue weighted by atomic mass is 32.1. The Hall–Kier alpha value is -2.67. The van der Waals surface area contributed by atoms with Crippen LogP contribution < -0.4 is 16.0 Å². The molecule has 2 aliphatic rings. The Bertz CT molecular complexity index is 962. The van der Waals surface area contributed by atoms with E-state index in [4.69, 9.17) is 5.73 Å². The standard InChI is InChI=1S/C23H27N3O3S/c24-22(29)21-18(16-7-2-1-3-8-16)14-30-23(21)25-19(27)13-15-6-4-9-17(12-15)26-11-5-10-20(26)28/h4,6,9,12,14,16H,1-3,5,7-8,10-11,13H2,(H2,24,29)(H,25,27). The lowest BCUT2D eigenvalue weighted by molar-refractivity contribution is -0.117. The number of anilines is 2. The fraction of sp³-hybridized carbons (Fsp3) is 0.435. The van der Waals surface area contributed by atoms with Gasteiger partial charge in [-0.3, -0.25) is 14.4 Å². The van der Waals surface area contributed by atoms with Gasteiger partial charge in [0, 0.05) is 18.7 Å². The third-order valence-electron chi connectivity index (χ3n) is 6.02. The zero-order valence-corrected chi connectivity index (χ0v) is 17.8. The monoisotopic (exact) mass is 425 g/mol. The van der Waals surface area contributed by atoms with Crippen LogP contribution in [-0.2, 0) is 16.0 Å². The van der Waals surface area contributed by atoms with Crippen molar-refractivity contribution in [3.8, 4) is 0 Å². The number of nitrogens with two attached hydrogens (primary N) is 1. The number of amides is 3. The molecule has 0 bridgehead atoms. The fourth-order valence-electron chi connectivity index (χ4n) is 4.54. The van der Waals surface area contributed by atoms with Crippen LogP contribution in [0.4, 0.5) is 10.7 Å². The van der Waals surface area contributed by atoms with Crippen LogP contribution in [0.5, 0.6) is 0 Å². The molecule has 2 fully saturated rings. The van der Waals surface area contributed by atoms with Crippen LogP contribution in [0, 0.1) is 0 Å². The van der Waals surface area contributed by atoms with Gasteiger partial charge in [-0.05, 0) is 53.8 Å². The molecule has 1 saturated carbocycles. The number of hydrogen-bond acceptors (Lipinski definition) is 4. The van der Waals surface area contributed by atoms with Gasteiger partial charge in [-0.2, -0.15) is 0 Å². The van der Waals surface area contributed by atoms with E-state index >= 15 is 0 Å². The zero-order valence-electron chi connectivity index (χ0n) is 17.0. The maximum absolute atomic E-state index is 12.7. The minimum atomic E-state index is -0.485. The van der Waals surface area contributed by atoms with Crippen molar-refractivity contribution in [3.63, 3.8) is 0 Å². The van der Waals surface area contributed by atoms with Crippen molar-refractivity contribution in [3.05, 3.63) is 46.3 Å². The van der Waals surface area contributed by atoms with Gasteiger partial charge < -0.3 is 16.0 Å². The van der Waals surface area contributed by atoms with Crippen LogP contribution in [0.1, 0.15) is 72.3 Å². The number of hydrogen-bond donors (Lipinski definition) is 2. The summed E-state index contributed by atoms with van der Waals surface area (Å²) in [6.45, 7) is 0.718. The van der Waals surface area contributed by atoms with E-state index in [1.165, 1.54) is 17.8 Å². The van der Waals surface area contributed by atoms with Gasteiger partial charge in [0.2, 0.25) is 11.8 Å². The first-order valence-corrected chi connectivity index (χ1v) is 11.5. The number of carbonyl (C=O) groups is 3. The second-order valence-electron chi connectivity index (χ2n) is 8.14. The Labute approximate surface area is 180 Å². The average Bonchev–Trinajstić information content (AvgIpc) is 3.35. The van der Waals surface area contributed by atoms with Gasteiger partial charge in [0.15, 0.2) is 0 Å². The first-order valence-electron chi connectivity index (χ1n) is 10.6. The van der Waals surface area contributed by atoms with Crippen molar-refractivity contribution in [2.24, 2.45) is 5.73 Å². The number of nitrogens with one attached hydrogen (secondary N) is 1. The summed E-state index contributed by atoms with van der Waals surface area (Å²) in [5, 5.41) is 5.41.